The molecule has 1 aromatic heterocycles. The third-order valence-corrected chi connectivity index (χ3v) is 2.90. The van der Waals surface area contributed by atoms with E-state index in [9.17, 15) is 9.59 Å². The van der Waals surface area contributed by atoms with E-state index >= 15 is 0 Å². The molecule has 0 saturated carbocycles. The molecule has 5 nitrogen and oxygen atoms in total. The van der Waals surface area contributed by atoms with Crippen LogP contribution in [0.25, 0.3) is 0 Å². The van der Waals surface area contributed by atoms with Crippen LogP contribution in [0.3, 0.4) is 0 Å². The Labute approximate surface area is 105 Å². The average molecular weight is 296 g/mol. The van der Waals surface area contributed by atoms with Crippen LogP contribution in [0.4, 0.5) is 5.69 Å². The van der Waals surface area contributed by atoms with Gasteiger partial charge < -0.3 is 15.3 Å². The van der Waals surface area contributed by atoms with Gasteiger partial charge in [0.25, 0.3) is 5.91 Å². The minimum atomic E-state index is -0.404. The van der Waals surface area contributed by atoms with Crippen LogP contribution < -0.4 is 11.0 Å². The SMILES string of the molecule is Cc1ccc(Br)c(NC(=O)c2c[nH]c(=O)[nH]2)c1. The number of imidazole rings is 1. The van der Waals surface area contributed by atoms with Crippen LogP contribution in [0.5, 0.6) is 0 Å². The number of H-pyrrole nitrogens is 2. The topological polar surface area (TPSA) is 77.8 Å². The highest BCUT2D eigenvalue weighted by atomic mass is 79.9. The van der Waals surface area contributed by atoms with Crippen LogP contribution in [0.2, 0.25) is 0 Å². The second kappa shape index (κ2) is 4.58. The van der Waals surface area contributed by atoms with Crippen LogP contribution >= 0.6 is 15.9 Å². The van der Waals surface area contributed by atoms with Crippen molar-refractivity contribution in [3.05, 3.63) is 50.6 Å². The zero-order chi connectivity index (χ0) is 12.4. The molecule has 0 bridgehead atoms. The number of aromatic amines is 2. The standard InChI is InChI=1S/C11H10BrN3O2/c1-6-2-3-7(12)8(4-6)14-10(16)9-5-13-11(17)15-9/h2-5H,1H3,(H,14,16)(H2,13,15,17). The van der Waals surface area contributed by atoms with E-state index in [1.54, 1.807) is 0 Å². The molecule has 1 amide bonds. The lowest BCUT2D eigenvalue weighted by Crippen LogP contribution is -2.14. The molecular formula is C11H10BrN3O2. The summed E-state index contributed by atoms with van der Waals surface area (Å²) in [6.07, 6.45) is 1.33. The summed E-state index contributed by atoms with van der Waals surface area (Å²) < 4.78 is 0.786. The Morgan fingerprint density at radius 2 is 2.18 bits per heavy atom. The van der Waals surface area contributed by atoms with Crippen molar-refractivity contribution >= 4 is 27.5 Å². The van der Waals surface area contributed by atoms with Gasteiger partial charge in [0.1, 0.15) is 5.69 Å². The maximum Gasteiger partial charge on any atom is 0.323 e. The summed E-state index contributed by atoms with van der Waals surface area (Å²) in [4.78, 5) is 27.4. The van der Waals surface area contributed by atoms with Gasteiger partial charge in [0, 0.05) is 10.7 Å². The molecule has 3 N–H and O–H groups in total. The molecule has 6 heteroatoms. The third-order valence-electron chi connectivity index (χ3n) is 2.21. The van der Waals surface area contributed by atoms with E-state index in [4.69, 9.17) is 0 Å². The predicted molar refractivity (Wildman–Crippen MR) is 68.2 cm³/mol. The highest BCUT2D eigenvalue weighted by molar-refractivity contribution is 9.10. The highest BCUT2D eigenvalue weighted by Crippen LogP contribution is 2.23. The van der Waals surface area contributed by atoms with Gasteiger partial charge in [0.05, 0.1) is 5.69 Å². The minimum absolute atomic E-state index is 0.198. The van der Waals surface area contributed by atoms with E-state index in [0.29, 0.717) is 5.69 Å². The first-order valence-electron chi connectivity index (χ1n) is 4.91. The van der Waals surface area contributed by atoms with Gasteiger partial charge in [0.15, 0.2) is 0 Å². The van der Waals surface area contributed by atoms with Gasteiger partial charge in [-0.25, -0.2) is 4.79 Å². The molecular weight excluding hydrogens is 286 g/mol. The van der Waals surface area contributed by atoms with Gasteiger partial charge >= 0.3 is 5.69 Å². The first-order chi connectivity index (χ1) is 8.06. The maximum atomic E-state index is 11.8. The molecule has 1 aromatic carbocycles. The normalized spacial score (nSPS) is 10.2. The summed E-state index contributed by atoms with van der Waals surface area (Å²) in [5.74, 6) is -0.366. The monoisotopic (exact) mass is 295 g/mol. The maximum absolute atomic E-state index is 11.8. The highest BCUT2D eigenvalue weighted by Gasteiger charge is 2.10. The quantitative estimate of drug-likeness (QED) is 0.793. The van der Waals surface area contributed by atoms with E-state index in [-0.39, 0.29) is 11.6 Å². The minimum Gasteiger partial charge on any atom is -0.320 e. The van der Waals surface area contributed by atoms with Gasteiger partial charge in [-0.2, -0.15) is 0 Å². The lowest BCUT2D eigenvalue weighted by molar-refractivity contribution is 0.102. The number of hydrogen-bond acceptors (Lipinski definition) is 2. The number of hydrogen-bond donors (Lipinski definition) is 3. The number of amides is 1. The number of carbonyl (C=O) groups excluding carboxylic acids is 1. The van der Waals surface area contributed by atoms with E-state index < -0.39 is 5.69 Å². The van der Waals surface area contributed by atoms with Gasteiger partial charge in [-0.15, -0.1) is 0 Å². The summed E-state index contributed by atoms with van der Waals surface area (Å²) in [5, 5.41) is 2.70. The number of halogens is 1. The fourth-order valence-corrected chi connectivity index (χ4v) is 1.72. The van der Waals surface area contributed by atoms with Crippen molar-refractivity contribution in [2.75, 3.05) is 5.32 Å². The van der Waals surface area contributed by atoms with E-state index in [0.717, 1.165) is 10.0 Å². The lowest BCUT2D eigenvalue weighted by Gasteiger charge is -2.06. The second-order valence-corrected chi connectivity index (χ2v) is 4.45. The molecule has 0 aliphatic carbocycles. The van der Waals surface area contributed by atoms with Crippen molar-refractivity contribution in [3.63, 3.8) is 0 Å². The number of benzene rings is 1. The zero-order valence-electron chi connectivity index (χ0n) is 9.00. The van der Waals surface area contributed by atoms with Crippen molar-refractivity contribution in [1.82, 2.24) is 9.97 Å². The average Bonchev–Trinajstić information content (AvgIpc) is 2.70. The fourth-order valence-electron chi connectivity index (χ4n) is 1.38. The summed E-state index contributed by atoms with van der Waals surface area (Å²) >= 11 is 3.34. The van der Waals surface area contributed by atoms with Gasteiger partial charge in [-0.05, 0) is 40.5 Å². The van der Waals surface area contributed by atoms with Crippen molar-refractivity contribution in [2.24, 2.45) is 0 Å². The smallest absolute Gasteiger partial charge is 0.320 e. The second-order valence-electron chi connectivity index (χ2n) is 3.59. The Balaban J connectivity index is 2.24. The summed E-state index contributed by atoms with van der Waals surface area (Å²) in [6, 6.07) is 5.62. The largest absolute Gasteiger partial charge is 0.323 e. The Morgan fingerprint density at radius 3 is 2.82 bits per heavy atom. The molecule has 0 fully saturated rings. The molecule has 0 radical (unpaired) electrons. The molecule has 17 heavy (non-hydrogen) atoms. The van der Waals surface area contributed by atoms with E-state index in [2.05, 4.69) is 31.2 Å². The van der Waals surface area contributed by atoms with Gasteiger partial charge in [0.2, 0.25) is 0 Å². The van der Waals surface area contributed by atoms with E-state index in [1.165, 1.54) is 6.20 Å². The number of carbonyl (C=O) groups is 1. The summed E-state index contributed by atoms with van der Waals surface area (Å²) in [7, 11) is 0. The van der Waals surface area contributed by atoms with E-state index in [1.807, 2.05) is 25.1 Å². The number of anilines is 1. The Bertz CT molecular complexity index is 615. The summed E-state index contributed by atoms with van der Waals surface area (Å²) in [6.45, 7) is 1.93. The van der Waals surface area contributed by atoms with Gasteiger partial charge in [-0.3, -0.25) is 4.79 Å². The number of aromatic nitrogens is 2. The third kappa shape index (κ3) is 2.65. The van der Waals surface area contributed by atoms with Crippen LogP contribution in [-0.2, 0) is 0 Å². The molecule has 0 aliphatic rings. The Kier molecular flexibility index (Phi) is 3.14. The molecule has 1 heterocycles. The molecule has 0 saturated heterocycles. The molecule has 0 aliphatic heterocycles. The fraction of sp³-hybridized carbons (Fsp3) is 0.0909. The lowest BCUT2D eigenvalue weighted by atomic mass is 10.2. The number of nitrogens with one attached hydrogen (secondary N) is 3. The van der Waals surface area contributed by atoms with Gasteiger partial charge in [-0.1, -0.05) is 6.07 Å². The molecule has 0 unspecified atom stereocenters. The summed E-state index contributed by atoms with van der Waals surface area (Å²) in [5.41, 5.74) is 1.49. The van der Waals surface area contributed by atoms with Crippen molar-refractivity contribution < 1.29 is 4.79 Å². The van der Waals surface area contributed by atoms with Crippen molar-refractivity contribution in [1.29, 1.82) is 0 Å². The number of rotatable bonds is 2. The first-order valence-corrected chi connectivity index (χ1v) is 5.71. The van der Waals surface area contributed by atoms with Crippen molar-refractivity contribution in [2.45, 2.75) is 6.92 Å². The molecule has 2 rings (SSSR count). The van der Waals surface area contributed by atoms with Crippen molar-refractivity contribution in [3.8, 4) is 0 Å². The first kappa shape index (κ1) is 11.7. The molecule has 0 atom stereocenters. The Hall–Kier alpha value is -1.82. The van der Waals surface area contributed by atoms with Crippen LogP contribution in [-0.4, -0.2) is 15.9 Å². The van der Waals surface area contributed by atoms with Crippen LogP contribution in [0.15, 0.2) is 33.7 Å². The molecule has 0 spiro atoms. The predicted octanol–water partition coefficient (Wildman–Crippen LogP) is 2.03. The van der Waals surface area contributed by atoms with Crippen LogP contribution in [0, 0.1) is 6.92 Å². The Morgan fingerprint density at radius 1 is 1.41 bits per heavy atom. The number of aryl methyl sites for hydroxylation is 1. The van der Waals surface area contributed by atoms with Crippen LogP contribution in [0.1, 0.15) is 16.1 Å². The zero-order valence-corrected chi connectivity index (χ0v) is 10.6. The molecule has 2 aromatic rings. The molecule has 88 valence electrons.